The van der Waals surface area contributed by atoms with E-state index in [0.29, 0.717) is 0 Å². The van der Waals surface area contributed by atoms with Crippen molar-refractivity contribution in [3.05, 3.63) is 27.4 Å². The molecule has 1 aliphatic heterocycles. The summed E-state index contributed by atoms with van der Waals surface area (Å²) in [5.41, 5.74) is 3.45. The predicted molar refractivity (Wildman–Crippen MR) is 78.1 cm³/mol. The van der Waals surface area contributed by atoms with Crippen LogP contribution in [0.2, 0.25) is 0 Å². The molecule has 2 rings (SSSR count). The Morgan fingerprint density at radius 2 is 2.22 bits per heavy atom. The van der Waals surface area contributed by atoms with Gasteiger partial charge in [-0.2, -0.15) is 0 Å². The van der Waals surface area contributed by atoms with Crippen LogP contribution in [0.15, 0.2) is 17.1 Å². The third kappa shape index (κ3) is 3.06. The second kappa shape index (κ2) is 6.47. The second-order valence-corrected chi connectivity index (χ2v) is 5.60. The van der Waals surface area contributed by atoms with E-state index in [1.807, 2.05) is 0 Å². The minimum atomic E-state index is -1.75. The summed E-state index contributed by atoms with van der Waals surface area (Å²) in [7, 11) is 0. The highest BCUT2D eigenvalue weighted by molar-refractivity contribution is 7.71. The number of carboxylic acids is 1. The van der Waals surface area contributed by atoms with E-state index in [9.17, 15) is 24.9 Å². The smallest absolute Gasteiger partial charge is 0.306 e. The van der Waals surface area contributed by atoms with Crippen LogP contribution in [0.25, 0.3) is 0 Å². The molecule has 1 aliphatic rings. The topological polar surface area (TPSA) is 171 Å². The lowest BCUT2D eigenvalue weighted by Gasteiger charge is -2.33. The molecule has 0 saturated carbocycles. The van der Waals surface area contributed by atoms with E-state index >= 15 is 0 Å². The van der Waals surface area contributed by atoms with Crippen molar-refractivity contribution in [3.63, 3.8) is 0 Å². The normalized spacial score (nSPS) is 31.9. The fourth-order valence-electron chi connectivity index (χ4n) is 2.60. The van der Waals surface area contributed by atoms with Gasteiger partial charge in [-0.25, -0.2) is 0 Å². The summed E-state index contributed by atoms with van der Waals surface area (Å²) < 4.78 is 6.58. The van der Waals surface area contributed by atoms with Gasteiger partial charge in [-0.1, -0.05) is 0 Å². The predicted octanol–water partition coefficient (Wildman–Crippen LogP) is -2.53. The molecule has 0 aromatic carbocycles. The lowest BCUT2D eigenvalue weighted by atomic mass is 9.99. The largest absolute Gasteiger partial charge is 0.481 e. The van der Waals surface area contributed by atoms with Gasteiger partial charge in [0.15, 0.2) is 10.5 Å². The summed E-state index contributed by atoms with van der Waals surface area (Å²) in [5, 5.41) is 39.1. The molecule has 1 saturated heterocycles. The van der Waals surface area contributed by atoms with Gasteiger partial charge in [0.2, 0.25) is 0 Å². The Morgan fingerprint density at radius 1 is 1.57 bits per heavy atom. The van der Waals surface area contributed by atoms with Crippen LogP contribution in [0.5, 0.6) is 0 Å². The van der Waals surface area contributed by atoms with E-state index in [-0.39, 0.29) is 11.3 Å². The molecule has 0 radical (unpaired) electrons. The molecule has 7 N–H and O–H groups in total. The molecule has 1 unspecified atom stereocenters. The highest BCUT2D eigenvalue weighted by Gasteiger charge is 2.56. The Kier molecular flexibility index (Phi) is 4.98. The molecule has 5 atom stereocenters. The number of aliphatic hydroxyl groups is 3. The lowest BCUT2D eigenvalue weighted by molar-refractivity contribution is -0.162. The number of aromatic nitrogens is 2. The van der Waals surface area contributed by atoms with Gasteiger partial charge in [0.25, 0.3) is 5.56 Å². The van der Waals surface area contributed by atoms with Gasteiger partial charge in [-0.15, -0.1) is 0 Å². The molecule has 0 bridgehead atoms. The van der Waals surface area contributed by atoms with Crippen molar-refractivity contribution in [2.75, 3.05) is 6.54 Å². The van der Waals surface area contributed by atoms with E-state index < -0.39 is 48.1 Å². The second-order valence-electron chi connectivity index (χ2n) is 5.21. The van der Waals surface area contributed by atoms with Crippen LogP contribution in [-0.4, -0.2) is 66.9 Å². The standard InChI is InChI=1S/C12H17N3O7S/c13-4-12(15-2-1-6(17)14-11(15)23)10(21)8(20)9(22-12)5(16)3-7(18)19/h1-2,5,8-10,16,20-21H,3-4,13H2,(H,18,19)(H,14,17,23)/t5?,8-,9-,10-,12-/m1/s1. The number of hydrogen-bond donors (Lipinski definition) is 6. The number of nitrogens with two attached hydrogens (primary N) is 1. The van der Waals surface area contributed by atoms with Gasteiger partial charge in [0.1, 0.15) is 18.3 Å². The number of rotatable bonds is 5. The first-order valence-electron chi connectivity index (χ1n) is 6.69. The van der Waals surface area contributed by atoms with Gasteiger partial charge in [-0.3, -0.25) is 19.1 Å². The maximum atomic E-state index is 11.3. The zero-order valence-corrected chi connectivity index (χ0v) is 12.6. The Balaban J connectivity index is 2.44. The van der Waals surface area contributed by atoms with Crippen molar-refractivity contribution in [2.45, 2.75) is 36.6 Å². The molecule has 0 amide bonds. The molecule has 2 heterocycles. The number of hydrogen-bond acceptors (Lipinski definition) is 8. The van der Waals surface area contributed by atoms with Gasteiger partial charge in [0, 0.05) is 18.8 Å². The van der Waals surface area contributed by atoms with Gasteiger partial charge in [0.05, 0.1) is 12.5 Å². The molecule has 1 aromatic heterocycles. The third-order valence-corrected chi connectivity index (χ3v) is 4.05. The highest BCUT2D eigenvalue weighted by Crippen LogP contribution is 2.36. The van der Waals surface area contributed by atoms with E-state index in [4.69, 9.17) is 27.8 Å². The summed E-state index contributed by atoms with van der Waals surface area (Å²) in [6.45, 7) is -0.345. The number of aromatic amines is 1. The number of nitrogens with zero attached hydrogens (tertiary/aromatic N) is 1. The third-order valence-electron chi connectivity index (χ3n) is 3.75. The molecule has 23 heavy (non-hydrogen) atoms. The Hall–Kier alpha value is -1.63. The van der Waals surface area contributed by atoms with Crippen molar-refractivity contribution in [3.8, 4) is 0 Å². The SMILES string of the molecule is NC[C@@]1(n2ccc(=O)[nH]c2=S)O[C@H](C(O)CC(=O)O)[C@@H](O)[C@H]1O. The first-order chi connectivity index (χ1) is 10.7. The van der Waals surface area contributed by atoms with Crippen LogP contribution < -0.4 is 11.3 Å². The van der Waals surface area contributed by atoms with Crippen LogP contribution in [0.4, 0.5) is 0 Å². The fraction of sp³-hybridized carbons (Fsp3) is 0.583. The Labute approximate surface area is 134 Å². The summed E-state index contributed by atoms with van der Waals surface area (Å²) in [4.78, 5) is 24.3. The molecule has 1 aromatic rings. The van der Waals surface area contributed by atoms with Crippen molar-refractivity contribution in [2.24, 2.45) is 5.73 Å². The van der Waals surface area contributed by atoms with Crippen molar-refractivity contribution in [1.29, 1.82) is 0 Å². The molecule has 10 nitrogen and oxygen atoms in total. The average Bonchev–Trinajstić information content (AvgIpc) is 2.72. The quantitative estimate of drug-likeness (QED) is 0.314. The van der Waals surface area contributed by atoms with Gasteiger partial charge < -0.3 is 30.9 Å². The summed E-state index contributed by atoms with van der Waals surface area (Å²) >= 11 is 5.00. The number of ether oxygens (including phenoxy) is 1. The zero-order chi connectivity index (χ0) is 17.4. The number of aliphatic carboxylic acids is 1. The molecule has 0 spiro atoms. The first-order valence-corrected chi connectivity index (χ1v) is 7.10. The average molecular weight is 347 g/mol. The van der Waals surface area contributed by atoms with Crippen molar-refractivity contribution >= 4 is 18.2 Å². The van der Waals surface area contributed by atoms with Crippen LogP contribution in [0, 0.1) is 4.77 Å². The molecular formula is C12H17N3O7S. The Morgan fingerprint density at radius 3 is 2.74 bits per heavy atom. The number of carboxylic acid groups (broad SMARTS) is 1. The number of carbonyl (C=O) groups is 1. The molecule has 128 valence electrons. The van der Waals surface area contributed by atoms with Gasteiger partial charge in [-0.05, 0) is 12.2 Å². The monoisotopic (exact) mass is 347 g/mol. The lowest BCUT2D eigenvalue weighted by Crippen LogP contribution is -2.51. The molecular weight excluding hydrogens is 330 g/mol. The van der Waals surface area contributed by atoms with Crippen LogP contribution in [0.1, 0.15) is 6.42 Å². The van der Waals surface area contributed by atoms with Crippen molar-refractivity contribution < 1.29 is 30.0 Å². The zero-order valence-electron chi connectivity index (χ0n) is 11.8. The number of nitrogens with one attached hydrogen (secondary N) is 1. The summed E-state index contributed by atoms with van der Waals surface area (Å²) in [5.74, 6) is -1.30. The summed E-state index contributed by atoms with van der Waals surface area (Å²) in [6.07, 6.45) is -5.61. The minimum absolute atomic E-state index is 0.109. The maximum absolute atomic E-state index is 11.3. The van der Waals surface area contributed by atoms with Crippen LogP contribution in [0.3, 0.4) is 0 Å². The van der Waals surface area contributed by atoms with Crippen molar-refractivity contribution in [1.82, 2.24) is 9.55 Å². The first kappa shape index (κ1) is 17.7. The summed E-state index contributed by atoms with van der Waals surface area (Å²) in [6, 6.07) is 1.12. The Bertz CT molecular complexity index is 704. The van der Waals surface area contributed by atoms with Crippen LogP contribution >= 0.6 is 12.2 Å². The van der Waals surface area contributed by atoms with E-state index in [1.165, 1.54) is 6.20 Å². The number of H-pyrrole nitrogens is 1. The van der Waals surface area contributed by atoms with Crippen LogP contribution in [-0.2, 0) is 15.3 Å². The van der Waals surface area contributed by atoms with Gasteiger partial charge >= 0.3 is 5.97 Å². The highest BCUT2D eigenvalue weighted by atomic mass is 32.1. The maximum Gasteiger partial charge on any atom is 0.306 e. The van der Waals surface area contributed by atoms with E-state index in [1.54, 1.807) is 0 Å². The minimum Gasteiger partial charge on any atom is -0.481 e. The molecule has 0 aliphatic carbocycles. The van der Waals surface area contributed by atoms with E-state index in [0.717, 1.165) is 10.6 Å². The molecule has 11 heteroatoms. The number of aliphatic hydroxyl groups excluding tert-OH is 3. The molecule has 1 fully saturated rings. The fourth-order valence-corrected chi connectivity index (χ4v) is 2.92. The van der Waals surface area contributed by atoms with E-state index in [2.05, 4.69) is 4.98 Å².